The first-order valence-corrected chi connectivity index (χ1v) is 5.25. The van der Waals surface area contributed by atoms with Crippen molar-refractivity contribution in [3.8, 4) is 11.8 Å². The Morgan fingerprint density at radius 1 is 1.55 bits per heavy atom. The largest absolute Gasteiger partial charge is 0.462 e. The van der Waals surface area contributed by atoms with E-state index >= 15 is 0 Å². The fraction of sp³-hybridized carbons (Fsp3) is 0.273. The molecule has 7 nitrogen and oxygen atoms in total. The number of hydrogen-bond acceptors (Lipinski definition) is 6. The minimum absolute atomic E-state index is 0.124. The number of carbonyl (C=O) groups is 1. The summed E-state index contributed by atoms with van der Waals surface area (Å²) < 4.78 is 33.1. The number of rotatable bonds is 5. The van der Waals surface area contributed by atoms with Gasteiger partial charge < -0.3 is 9.47 Å². The summed E-state index contributed by atoms with van der Waals surface area (Å²) in [6.07, 6.45) is 0. The van der Waals surface area contributed by atoms with Crippen molar-refractivity contribution in [2.45, 2.75) is 13.5 Å². The number of halogens is 2. The first-order chi connectivity index (χ1) is 9.42. The minimum atomic E-state index is -3.28. The van der Waals surface area contributed by atoms with E-state index in [4.69, 9.17) is 5.26 Å². The predicted octanol–water partition coefficient (Wildman–Crippen LogP) is 2.24. The second-order valence-electron chi connectivity index (χ2n) is 3.30. The molecule has 0 aliphatic carbocycles. The van der Waals surface area contributed by atoms with Crippen molar-refractivity contribution in [1.29, 1.82) is 5.26 Å². The number of hydrogen-bond donors (Lipinski definition) is 0. The Bertz CT molecular complexity index is 583. The number of ether oxygens (including phenoxy) is 2. The third-order valence-electron chi connectivity index (χ3n) is 2.14. The third kappa shape index (κ3) is 3.17. The van der Waals surface area contributed by atoms with Crippen molar-refractivity contribution in [3.63, 3.8) is 0 Å². The summed E-state index contributed by atoms with van der Waals surface area (Å²) in [5.74, 6) is -1.93. The molecule has 106 valence electrons. The minimum Gasteiger partial charge on any atom is -0.462 e. The highest BCUT2D eigenvalue weighted by Crippen LogP contribution is 2.33. The number of carbonyl (C=O) groups excluding carboxylic acids is 1. The standard InChI is InChI=1S/C11H8F2N2O5/c1-2-19-10(16)8-7(20-11(12)13)4-3-6(5-14)9(8)15(17)18/h3-4,11H,2H2,1H3. The van der Waals surface area contributed by atoms with Gasteiger partial charge in [0, 0.05) is 0 Å². The van der Waals surface area contributed by atoms with Crippen LogP contribution in [0.2, 0.25) is 0 Å². The maximum atomic E-state index is 12.3. The summed E-state index contributed by atoms with van der Waals surface area (Å²) in [5.41, 5.74) is -2.19. The zero-order valence-electron chi connectivity index (χ0n) is 10.1. The van der Waals surface area contributed by atoms with E-state index in [0.717, 1.165) is 12.1 Å². The van der Waals surface area contributed by atoms with E-state index in [-0.39, 0.29) is 6.61 Å². The highest BCUT2D eigenvalue weighted by molar-refractivity contribution is 5.98. The van der Waals surface area contributed by atoms with E-state index in [1.165, 1.54) is 13.0 Å². The van der Waals surface area contributed by atoms with Gasteiger partial charge in [0.25, 0.3) is 0 Å². The van der Waals surface area contributed by atoms with Crippen LogP contribution in [0.1, 0.15) is 22.8 Å². The number of esters is 1. The van der Waals surface area contributed by atoms with Gasteiger partial charge in [0.2, 0.25) is 0 Å². The molecule has 0 radical (unpaired) electrons. The van der Waals surface area contributed by atoms with Crippen LogP contribution in [0.15, 0.2) is 12.1 Å². The van der Waals surface area contributed by atoms with Gasteiger partial charge in [0.05, 0.1) is 11.5 Å². The van der Waals surface area contributed by atoms with Gasteiger partial charge in [-0.1, -0.05) is 0 Å². The molecule has 0 fully saturated rings. The molecule has 0 aliphatic heterocycles. The molecule has 0 heterocycles. The highest BCUT2D eigenvalue weighted by Gasteiger charge is 2.31. The van der Waals surface area contributed by atoms with E-state index in [0.29, 0.717) is 0 Å². The van der Waals surface area contributed by atoms with Gasteiger partial charge in [0.1, 0.15) is 17.4 Å². The molecule has 0 bridgehead atoms. The van der Waals surface area contributed by atoms with Gasteiger partial charge in [-0.25, -0.2) is 4.79 Å². The molecule has 1 rings (SSSR count). The second kappa shape index (κ2) is 6.42. The fourth-order valence-corrected chi connectivity index (χ4v) is 1.45. The summed E-state index contributed by atoms with van der Waals surface area (Å²) in [6, 6.07) is 3.30. The van der Waals surface area contributed by atoms with E-state index < -0.39 is 40.1 Å². The first-order valence-electron chi connectivity index (χ1n) is 5.25. The normalized spacial score (nSPS) is 9.95. The van der Waals surface area contributed by atoms with Crippen LogP contribution in [0.4, 0.5) is 14.5 Å². The molecule has 0 aliphatic rings. The number of nitro benzene ring substituents is 1. The lowest BCUT2D eigenvalue weighted by molar-refractivity contribution is -0.385. The molecule has 0 saturated carbocycles. The summed E-state index contributed by atoms with van der Waals surface area (Å²) in [5, 5.41) is 19.7. The van der Waals surface area contributed by atoms with Crippen molar-refractivity contribution in [2.75, 3.05) is 6.61 Å². The van der Waals surface area contributed by atoms with E-state index in [9.17, 15) is 23.7 Å². The summed E-state index contributed by atoms with van der Waals surface area (Å²) in [7, 11) is 0. The monoisotopic (exact) mass is 286 g/mol. The Morgan fingerprint density at radius 2 is 2.20 bits per heavy atom. The van der Waals surface area contributed by atoms with Crippen LogP contribution in [-0.4, -0.2) is 24.1 Å². The molecular formula is C11H8F2N2O5. The zero-order chi connectivity index (χ0) is 15.3. The molecule has 0 atom stereocenters. The molecule has 0 aromatic heterocycles. The number of alkyl halides is 2. The van der Waals surface area contributed by atoms with Crippen LogP contribution < -0.4 is 4.74 Å². The Hall–Kier alpha value is -2.76. The molecule has 20 heavy (non-hydrogen) atoms. The van der Waals surface area contributed by atoms with Gasteiger partial charge in [-0.15, -0.1) is 0 Å². The molecule has 0 amide bonds. The molecule has 0 spiro atoms. The molecule has 1 aromatic carbocycles. The van der Waals surface area contributed by atoms with Crippen molar-refractivity contribution in [2.24, 2.45) is 0 Å². The van der Waals surface area contributed by atoms with Gasteiger partial charge in [0.15, 0.2) is 5.56 Å². The summed E-state index contributed by atoms with van der Waals surface area (Å²) >= 11 is 0. The average Bonchev–Trinajstić information content (AvgIpc) is 2.37. The first kappa shape index (κ1) is 15.3. The van der Waals surface area contributed by atoms with Crippen LogP contribution >= 0.6 is 0 Å². The van der Waals surface area contributed by atoms with E-state index in [1.807, 2.05) is 0 Å². The van der Waals surface area contributed by atoms with Crippen molar-refractivity contribution in [1.82, 2.24) is 0 Å². The van der Waals surface area contributed by atoms with Crippen LogP contribution in [0, 0.1) is 21.4 Å². The lowest BCUT2D eigenvalue weighted by atomic mass is 10.1. The molecular weight excluding hydrogens is 278 g/mol. The van der Waals surface area contributed by atoms with Crippen LogP contribution in [0.5, 0.6) is 5.75 Å². The average molecular weight is 286 g/mol. The zero-order valence-corrected chi connectivity index (χ0v) is 10.1. The van der Waals surface area contributed by atoms with Crippen molar-refractivity contribution >= 4 is 11.7 Å². The predicted molar refractivity (Wildman–Crippen MR) is 60.4 cm³/mol. The number of benzene rings is 1. The Morgan fingerprint density at radius 3 is 2.65 bits per heavy atom. The maximum absolute atomic E-state index is 12.3. The fourth-order valence-electron chi connectivity index (χ4n) is 1.45. The molecule has 0 N–H and O–H groups in total. The van der Waals surface area contributed by atoms with Gasteiger partial charge in [-0.2, -0.15) is 14.0 Å². The summed E-state index contributed by atoms with van der Waals surface area (Å²) in [4.78, 5) is 21.6. The molecule has 0 unspecified atom stereocenters. The number of nitrogens with zero attached hydrogens (tertiary/aromatic N) is 2. The SMILES string of the molecule is CCOC(=O)c1c(OC(F)F)ccc(C#N)c1[N+](=O)[O-]. The van der Waals surface area contributed by atoms with Crippen LogP contribution in [0.3, 0.4) is 0 Å². The van der Waals surface area contributed by atoms with Gasteiger partial charge >= 0.3 is 18.3 Å². The number of nitriles is 1. The Labute approximate surface area is 111 Å². The molecule has 0 saturated heterocycles. The molecule has 9 heteroatoms. The third-order valence-corrected chi connectivity index (χ3v) is 2.14. The van der Waals surface area contributed by atoms with E-state index in [1.54, 1.807) is 0 Å². The van der Waals surface area contributed by atoms with Crippen LogP contribution in [0.25, 0.3) is 0 Å². The lowest BCUT2D eigenvalue weighted by Crippen LogP contribution is -2.13. The smallest absolute Gasteiger partial charge is 0.387 e. The maximum Gasteiger partial charge on any atom is 0.387 e. The summed E-state index contributed by atoms with van der Waals surface area (Å²) in [6.45, 7) is -1.97. The number of nitro groups is 1. The van der Waals surface area contributed by atoms with Crippen LogP contribution in [-0.2, 0) is 4.74 Å². The second-order valence-corrected chi connectivity index (χ2v) is 3.30. The highest BCUT2D eigenvalue weighted by atomic mass is 19.3. The van der Waals surface area contributed by atoms with Gasteiger partial charge in [-0.05, 0) is 19.1 Å². The van der Waals surface area contributed by atoms with Crippen molar-refractivity contribution in [3.05, 3.63) is 33.4 Å². The quantitative estimate of drug-likeness (QED) is 0.467. The Balaban J connectivity index is 3.55. The van der Waals surface area contributed by atoms with Crippen molar-refractivity contribution < 1.29 is 28.0 Å². The molecule has 1 aromatic rings. The topological polar surface area (TPSA) is 102 Å². The van der Waals surface area contributed by atoms with E-state index in [2.05, 4.69) is 9.47 Å². The Kier molecular flexibility index (Phi) is 4.91. The lowest BCUT2D eigenvalue weighted by Gasteiger charge is -2.10. The van der Waals surface area contributed by atoms with Gasteiger partial charge in [-0.3, -0.25) is 10.1 Å².